The van der Waals surface area contributed by atoms with E-state index in [1.807, 2.05) is 30.3 Å². The molecule has 5 rings (SSSR count). The van der Waals surface area contributed by atoms with Gasteiger partial charge in [-0.25, -0.2) is 4.68 Å². The summed E-state index contributed by atoms with van der Waals surface area (Å²) in [6, 6.07) is 14.4. The Kier molecular flexibility index (Phi) is 14.7. The fourth-order valence-electron chi connectivity index (χ4n) is 5.53. The summed E-state index contributed by atoms with van der Waals surface area (Å²) >= 11 is 0. The third-order valence-electron chi connectivity index (χ3n) is 8.03. The van der Waals surface area contributed by atoms with E-state index in [4.69, 9.17) is 38.9 Å². The number of nitrogens with two attached hydrogens (primary N) is 1. The predicted octanol–water partition coefficient (Wildman–Crippen LogP) is 2.85. The maximum Gasteiger partial charge on any atom is 0.200 e. The Balaban J connectivity index is 1.18. The van der Waals surface area contributed by atoms with Gasteiger partial charge in [0.15, 0.2) is 23.4 Å². The van der Waals surface area contributed by atoms with Gasteiger partial charge in [-0.05, 0) is 17.7 Å². The third kappa shape index (κ3) is 10.9. The lowest BCUT2D eigenvalue weighted by Gasteiger charge is -2.39. The lowest BCUT2D eigenvalue weighted by molar-refractivity contribution is -0.140. The minimum absolute atomic E-state index is 0.107. The first-order valence-corrected chi connectivity index (χ1v) is 17.0. The Hall–Kier alpha value is -4.68. The molecule has 1 aliphatic rings. The number of nitrogens with zero attached hydrogens (tertiary/aromatic N) is 3. The number of aromatic hydroxyl groups is 5. The molecule has 16 heteroatoms. The second-order valence-electron chi connectivity index (χ2n) is 11.8. The quantitative estimate of drug-likeness (QED) is 0.0506. The molecule has 0 fully saturated rings. The van der Waals surface area contributed by atoms with Crippen molar-refractivity contribution in [3.63, 3.8) is 0 Å². The van der Waals surface area contributed by atoms with Gasteiger partial charge in [-0.1, -0.05) is 35.5 Å². The molecule has 0 amide bonds. The second kappa shape index (κ2) is 19.8. The van der Waals surface area contributed by atoms with Gasteiger partial charge in [0.05, 0.1) is 83.9 Å². The predicted molar refractivity (Wildman–Crippen MR) is 184 cm³/mol. The number of hydrogen-bond donors (Lipinski definition) is 6. The van der Waals surface area contributed by atoms with Crippen LogP contribution < -0.4 is 10.5 Å². The molecule has 1 aliphatic heterocycles. The van der Waals surface area contributed by atoms with Crippen LogP contribution in [0.5, 0.6) is 34.5 Å². The maximum atomic E-state index is 11.0. The van der Waals surface area contributed by atoms with Crippen molar-refractivity contribution < 1.29 is 58.7 Å². The van der Waals surface area contributed by atoms with Crippen LogP contribution in [0, 0.1) is 0 Å². The van der Waals surface area contributed by atoms with Crippen molar-refractivity contribution in [2.75, 3.05) is 66.0 Å². The lowest BCUT2D eigenvalue weighted by atomic mass is 9.90. The molecule has 2 heterocycles. The molecular weight excluding hydrogens is 680 g/mol. The molecule has 282 valence electrons. The van der Waals surface area contributed by atoms with Crippen LogP contribution in [0.2, 0.25) is 0 Å². The molecule has 0 radical (unpaired) electrons. The minimum atomic E-state index is -1.01. The number of phenols is 5. The van der Waals surface area contributed by atoms with Crippen LogP contribution in [0.1, 0.15) is 34.6 Å². The van der Waals surface area contributed by atoms with Gasteiger partial charge in [0, 0.05) is 36.9 Å². The van der Waals surface area contributed by atoms with Crippen LogP contribution >= 0.6 is 0 Å². The zero-order valence-corrected chi connectivity index (χ0v) is 28.7. The number of rotatable bonds is 22. The number of aromatic nitrogens is 3. The average Bonchev–Trinajstić information content (AvgIpc) is 3.59. The summed E-state index contributed by atoms with van der Waals surface area (Å²) in [6.07, 6.45) is -0.562. The molecule has 3 aromatic carbocycles. The standard InChI is InChI=1S/C36H46N4O12/c37-7-10-47-13-15-49-17-16-48-14-12-46-9-6-26-22-40(39-38-26)8-11-50-35-32-28(42)20-27(41)21-31(32)52-34(25-18-29(43)33(45)30(44)19-25)36(35)51-23-24-4-2-1-3-5-24/h1-5,18-22,34-36,41-45H,6-17,23,37H2. The molecule has 3 atom stereocenters. The summed E-state index contributed by atoms with van der Waals surface area (Å²) in [4.78, 5) is 0. The zero-order valence-electron chi connectivity index (χ0n) is 28.7. The summed E-state index contributed by atoms with van der Waals surface area (Å²) in [5.41, 5.74) is 7.46. The SMILES string of the molecule is NCCOCCOCCOCCOCCc1cn(CCOC2c3c(O)cc(O)cc3OC(c3cc(O)c(O)c(O)c3)C2OCc2ccccc2)nn1. The number of fused-ring (bicyclic) bond motifs is 1. The molecule has 0 bridgehead atoms. The molecule has 16 nitrogen and oxygen atoms in total. The third-order valence-corrected chi connectivity index (χ3v) is 8.03. The average molecular weight is 727 g/mol. The van der Waals surface area contributed by atoms with Gasteiger partial charge in [-0.15, -0.1) is 5.10 Å². The van der Waals surface area contributed by atoms with E-state index in [1.165, 1.54) is 24.3 Å². The monoisotopic (exact) mass is 726 g/mol. The van der Waals surface area contributed by atoms with Gasteiger partial charge < -0.3 is 64.4 Å². The summed E-state index contributed by atoms with van der Waals surface area (Å²) in [7, 11) is 0. The molecule has 7 N–H and O–H groups in total. The van der Waals surface area contributed by atoms with Crippen molar-refractivity contribution in [2.24, 2.45) is 5.73 Å². The first kappa shape index (κ1) is 38.5. The van der Waals surface area contributed by atoms with E-state index in [0.717, 1.165) is 11.3 Å². The maximum absolute atomic E-state index is 11.0. The van der Waals surface area contributed by atoms with Crippen LogP contribution in [-0.4, -0.2) is 113 Å². The fourth-order valence-corrected chi connectivity index (χ4v) is 5.53. The Labute approximate surface area is 300 Å². The molecule has 1 aromatic heterocycles. The number of hydrogen-bond acceptors (Lipinski definition) is 15. The highest BCUT2D eigenvalue weighted by Crippen LogP contribution is 2.51. The van der Waals surface area contributed by atoms with Gasteiger partial charge in [-0.2, -0.15) is 0 Å². The normalized spacial score (nSPS) is 16.8. The Bertz CT molecular complexity index is 1650. The van der Waals surface area contributed by atoms with Crippen molar-refractivity contribution >= 4 is 0 Å². The molecule has 0 spiro atoms. The minimum Gasteiger partial charge on any atom is -0.508 e. The summed E-state index contributed by atoms with van der Waals surface area (Å²) in [6.45, 7) is 4.78. The molecule has 0 saturated carbocycles. The van der Waals surface area contributed by atoms with E-state index in [0.29, 0.717) is 72.4 Å². The van der Waals surface area contributed by atoms with Crippen LogP contribution in [0.15, 0.2) is 60.8 Å². The first-order valence-electron chi connectivity index (χ1n) is 17.0. The number of phenolic OH excluding ortho intramolecular Hbond substituents is 5. The molecule has 0 aliphatic carbocycles. The Morgan fingerprint density at radius 1 is 0.731 bits per heavy atom. The van der Waals surface area contributed by atoms with E-state index < -0.39 is 35.6 Å². The summed E-state index contributed by atoms with van der Waals surface area (Å²) in [5.74, 6) is -2.21. The van der Waals surface area contributed by atoms with Crippen molar-refractivity contribution in [1.82, 2.24) is 15.0 Å². The smallest absolute Gasteiger partial charge is 0.200 e. The van der Waals surface area contributed by atoms with Crippen LogP contribution in [-0.2, 0) is 48.0 Å². The van der Waals surface area contributed by atoms with Crippen LogP contribution in [0.3, 0.4) is 0 Å². The van der Waals surface area contributed by atoms with Gasteiger partial charge in [0.25, 0.3) is 0 Å². The van der Waals surface area contributed by atoms with E-state index in [1.54, 1.807) is 10.9 Å². The number of benzene rings is 3. The van der Waals surface area contributed by atoms with Crippen molar-refractivity contribution in [1.29, 1.82) is 0 Å². The highest BCUT2D eigenvalue weighted by molar-refractivity contribution is 5.55. The summed E-state index contributed by atoms with van der Waals surface area (Å²) in [5, 5.41) is 60.3. The van der Waals surface area contributed by atoms with Gasteiger partial charge in [0.2, 0.25) is 0 Å². The van der Waals surface area contributed by atoms with Crippen molar-refractivity contribution in [3.05, 3.63) is 83.2 Å². The van der Waals surface area contributed by atoms with Gasteiger partial charge >= 0.3 is 0 Å². The second-order valence-corrected chi connectivity index (χ2v) is 11.8. The molecule has 52 heavy (non-hydrogen) atoms. The highest BCUT2D eigenvalue weighted by Gasteiger charge is 2.43. The highest BCUT2D eigenvalue weighted by atomic mass is 16.6. The van der Waals surface area contributed by atoms with Gasteiger partial charge in [0.1, 0.15) is 29.5 Å². The summed E-state index contributed by atoms with van der Waals surface area (Å²) < 4.78 is 42.5. The fraction of sp³-hybridized carbons (Fsp3) is 0.444. The lowest BCUT2D eigenvalue weighted by Crippen LogP contribution is -2.38. The molecule has 4 aromatic rings. The molecule has 0 saturated heterocycles. The van der Waals surface area contributed by atoms with Crippen LogP contribution in [0.25, 0.3) is 0 Å². The largest absolute Gasteiger partial charge is 0.508 e. The van der Waals surface area contributed by atoms with Gasteiger partial charge in [-0.3, -0.25) is 0 Å². The Morgan fingerprint density at radius 2 is 1.38 bits per heavy atom. The topological polar surface area (TPSA) is 222 Å². The number of ether oxygens (including phenoxy) is 7. The first-order chi connectivity index (χ1) is 25.3. The van der Waals surface area contributed by atoms with E-state index in [2.05, 4.69) is 10.3 Å². The van der Waals surface area contributed by atoms with Crippen molar-refractivity contribution in [3.8, 4) is 34.5 Å². The zero-order chi connectivity index (χ0) is 36.7. The van der Waals surface area contributed by atoms with E-state index >= 15 is 0 Å². The van der Waals surface area contributed by atoms with Crippen molar-refractivity contribution in [2.45, 2.75) is 37.9 Å². The molecular formula is C36H46N4O12. The Morgan fingerprint density at radius 3 is 2.06 bits per heavy atom. The van der Waals surface area contributed by atoms with E-state index in [-0.39, 0.29) is 41.6 Å². The van der Waals surface area contributed by atoms with E-state index in [9.17, 15) is 25.5 Å². The van der Waals surface area contributed by atoms with Crippen LogP contribution in [0.4, 0.5) is 0 Å². The molecule has 3 unspecified atom stereocenters.